The molecule has 0 aromatic carbocycles. The van der Waals surface area contributed by atoms with Crippen molar-refractivity contribution in [3.05, 3.63) is 29.3 Å². The summed E-state index contributed by atoms with van der Waals surface area (Å²) >= 11 is 0. The molecule has 0 saturated carbocycles. The maximum Gasteiger partial charge on any atom is 0.420 e. The number of fused-ring (bicyclic) bond motifs is 4. The van der Waals surface area contributed by atoms with Crippen LogP contribution in [0.1, 0.15) is 35.3 Å². The fourth-order valence-corrected chi connectivity index (χ4v) is 3.32. The van der Waals surface area contributed by atoms with Crippen molar-refractivity contribution in [1.29, 1.82) is 0 Å². The first kappa shape index (κ1) is 16.2. The number of hydrogen-bond donors (Lipinski definition) is 1. The van der Waals surface area contributed by atoms with Gasteiger partial charge in [-0.25, -0.2) is 4.39 Å². The van der Waals surface area contributed by atoms with Crippen molar-refractivity contribution in [3.8, 4) is 0 Å². The van der Waals surface area contributed by atoms with Crippen LogP contribution < -0.4 is 5.32 Å². The highest BCUT2D eigenvalue weighted by atomic mass is 19.4. The second kappa shape index (κ2) is 6.07. The van der Waals surface area contributed by atoms with Crippen LogP contribution in [0.15, 0.2) is 12.3 Å². The molecule has 1 atom stereocenters. The van der Waals surface area contributed by atoms with E-state index >= 15 is 0 Å². The lowest BCUT2D eigenvalue weighted by Gasteiger charge is -2.26. The van der Waals surface area contributed by atoms with Crippen molar-refractivity contribution in [1.82, 2.24) is 15.2 Å². The topological polar surface area (TPSA) is 45.2 Å². The van der Waals surface area contributed by atoms with Crippen molar-refractivity contribution in [2.24, 2.45) is 5.92 Å². The molecule has 23 heavy (non-hydrogen) atoms. The molecule has 1 unspecified atom stereocenters. The molecule has 2 bridgehead atoms. The van der Waals surface area contributed by atoms with Gasteiger partial charge in [-0.1, -0.05) is 0 Å². The molecular weight excluding hydrogens is 314 g/mol. The normalized spacial score (nSPS) is 27.6. The molecule has 4 nitrogen and oxygen atoms in total. The first-order chi connectivity index (χ1) is 10.8. The van der Waals surface area contributed by atoms with E-state index in [1.165, 1.54) is 0 Å². The van der Waals surface area contributed by atoms with Crippen LogP contribution in [-0.2, 0) is 6.18 Å². The van der Waals surface area contributed by atoms with Gasteiger partial charge in [-0.15, -0.1) is 0 Å². The van der Waals surface area contributed by atoms with Gasteiger partial charge in [0.15, 0.2) is 0 Å². The van der Waals surface area contributed by atoms with Crippen LogP contribution in [0.25, 0.3) is 0 Å². The molecule has 3 saturated heterocycles. The molecule has 0 aliphatic carbocycles. The first-order valence-electron chi connectivity index (χ1n) is 7.59. The summed E-state index contributed by atoms with van der Waals surface area (Å²) in [5, 5.41) is 2.77. The summed E-state index contributed by atoms with van der Waals surface area (Å²) in [6.45, 7) is 2.72. The zero-order valence-electron chi connectivity index (χ0n) is 12.4. The van der Waals surface area contributed by atoms with Gasteiger partial charge >= 0.3 is 6.18 Å². The number of nitrogens with zero attached hydrogens (tertiary/aromatic N) is 2. The second-order valence-corrected chi connectivity index (χ2v) is 6.20. The molecule has 0 spiro atoms. The summed E-state index contributed by atoms with van der Waals surface area (Å²) in [5.74, 6) is -1.57. The molecule has 3 aliphatic heterocycles. The minimum Gasteiger partial charge on any atom is -0.347 e. The van der Waals surface area contributed by atoms with Gasteiger partial charge < -0.3 is 10.2 Å². The zero-order chi connectivity index (χ0) is 16.6. The van der Waals surface area contributed by atoms with E-state index in [2.05, 4.69) is 15.2 Å². The Kier molecular flexibility index (Phi) is 4.27. The summed E-state index contributed by atoms with van der Waals surface area (Å²) in [6, 6.07) is 0.466. The van der Waals surface area contributed by atoms with Gasteiger partial charge in [-0.05, 0) is 38.3 Å². The lowest BCUT2D eigenvalue weighted by Crippen LogP contribution is -2.42. The van der Waals surface area contributed by atoms with Crippen LogP contribution in [0.5, 0.6) is 0 Å². The van der Waals surface area contributed by atoms with Gasteiger partial charge in [0.25, 0.3) is 5.91 Å². The van der Waals surface area contributed by atoms with Crippen molar-refractivity contribution < 1.29 is 22.4 Å². The van der Waals surface area contributed by atoms with Crippen molar-refractivity contribution in [2.45, 2.75) is 31.5 Å². The summed E-state index contributed by atoms with van der Waals surface area (Å²) < 4.78 is 51.1. The second-order valence-electron chi connectivity index (χ2n) is 6.20. The van der Waals surface area contributed by atoms with Gasteiger partial charge in [0.05, 0.1) is 0 Å². The van der Waals surface area contributed by atoms with Gasteiger partial charge in [0.1, 0.15) is 17.1 Å². The molecule has 0 radical (unpaired) electrons. The summed E-state index contributed by atoms with van der Waals surface area (Å²) in [6.07, 6.45) is -1.42. The fourth-order valence-electron chi connectivity index (χ4n) is 3.32. The van der Waals surface area contributed by atoms with Crippen LogP contribution >= 0.6 is 0 Å². The van der Waals surface area contributed by atoms with Crippen LogP contribution in [0.3, 0.4) is 0 Å². The SMILES string of the molecule is O=C(NC1CC2CCN(CC2)C1)c1cc(F)c(C(F)(F)F)cn1. The number of carbonyl (C=O) groups excluding carboxylic acids is 1. The van der Waals surface area contributed by atoms with Crippen LogP contribution in [-0.4, -0.2) is 41.5 Å². The molecule has 1 aromatic rings. The predicted molar refractivity (Wildman–Crippen MR) is 74.2 cm³/mol. The molecule has 1 aromatic heterocycles. The van der Waals surface area contributed by atoms with E-state index in [0.29, 0.717) is 24.7 Å². The quantitative estimate of drug-likeness (QED) is 0.847. The van der Waals surface area contributed by atoms with Gasteiger partial charge in [0.2, 0.25) is 0 Å². The average molecular weight is 331 g/mol. The number of piperidine rings is 1. The van der Waals surface area contributed by atoms with E-state index < -0.39 is 23.5 Å². The fraction of sp³-hybridized carbons (Fsp3) is 0.600. The number of aromatic nitrogens is 1. The molecule has 1 N–H and O–H groups in total. The highest BCUT2D eigenvalue weighted by Crippen LogP contribution is 2.31. The molecule has 8 heteroatoms. The van der Waals surface area contributed by atoms with Crippen LogP contribution in [0.2, 0.25) is 0 Å². The highest BCUT2D eigenvalue weighted by molar-refractivity contribution is 5.92. The van der Waals surface area contributed by atoms with Gasteiger partial charge in [0, 0.05) is 24.8 Å². The molecule has 3 aliphatic rings. The Morgan fingerprint density at radius 1 is 1.30 bits per heavy atom. The number of halogens is 4. The molecular formula is C15H17F4N3O. The number of hydrogen-bond acceptors (Lipinski definition) is 3. The zero-order valence-corrected chi connectivity index (χ0v) is 12.4. The number of carbonyl (C=O) groups is 1. The maximum atomic E-state index is 13.5. The highest BCUT2D eigenvalue weighted by Gasteiger charge is 2.35. The summed E-state index contributed by atoms with van der Waals surface area (Å²) in [7, 11) is 0. The Labute approximate surface area is 130 Å². The lowest BCUT2D eigenvalue weighted by atomic mass is 9.94. The van der Waals surface area contributed by atoms with Crippen LogP contribution in [0, 0.1) is 11.7 Å². The molecule has 4 rings (SSSR count). The Bertz CT molecular complexity index is 583. The number of pyridine rings is 1. The minimum atomic E-state index is -4.82. The molecule has 3 fully saturated rings. The maximum absolute atomic E-state index is 13.5. The number of nitrogens with one attached hydrogen (secondary N) is 1. The van der Waals surface area contributed by atoms with E-state index in [-0.39, 0.29) is 11.7 Å². The lowest BCUT2D eigenvalue weighted by molar-refractivity contribution is -0.140. The Morgan fingerprint density at radius 3 is 2.61 bits per heavy atom. The predicted octanol–water partition coefficient (Wildman–Crippen LogP) is 2.45. The van der Waals surface area contributed by atoms with E-state index in [0.717, 1.165) is 32.4 Å². The molecule has 126 valence electrons. The van der Waals surface area contributed by atoms with E-state index in [9.17, 15) is 22.4 Å². The Hall–Kier alpha value is -1.70. The third-order valence-electron chi connectivity index (χ3n) is 4.53. The largest absolute Gasteiger partial charge is 0.420 e. The number of rotatable bonds is 2. The Balaban J connectivity index is 1.70. The van der Waals surface area contributed by atoms with Crippen LogP contribution in [0.4, 0.5) is 17.6 Å². The molecule has 1 amide bonds. The standard InChI is InChI=1S/C15H17F4N3O/c16-12-6-13(20-7-11(12)15(17,18)19)14(23)21-10-5-9-1-3-22(8-10)4-2-9/h6-7,9-10H,1-5,8H2,(H,21,23). The number of alkyl halides is 3. The first-order valence-corrected chi connectivity index (χ1v) is 7.59. The van der Waals surface area contributed by atoms with Gasteiger partial charge in [-0.2, -0.15) is 13.2 Å². The van der Waals surface area contributed by atoms with Crippen molar-refractivity contribution in [3.63, 3.8) is 0 Å². The molecule has 4 heterocycles. The van der Waals surface area contributed by atoms with Crippen molar-refractivity contribution in [2.75, 3.05) is 19.6 Å². The monoisotopic (exact) mass is 331 g/mol. The third kappa shape index (κ3) is 3.63. The Morgan fingerprint density at radius 2 is 2.00 bits per heavy atom. The van der Waals surface area contributed by atoms with E-state index in [1.807, 2.05) is 0 Å². The summed E-state index contributed by atoms with van der Waals surface area (Å²) in [5.41, 5.74) is -1.80. The average Bonchev–Trinajstić information content (AvgIpc) is 2.77. The summed E-state index contributed by atoms with van der Waals surface area (Å²) in [4.78, 5) is 17.9. The van der Waals surface area contributed by atoms with E-state index in [1.54, 1.807) is 0 Å². The minimum absolute atomic E-state index is 0.0790. The number of amides is 1. The van der Waals surface area contributed by atoms with Gasteiger partial charge in [-0.3, -0.25) is 9.78 Å². The van der Waals surface area contributed by atoms with E-state index in [4.69, 9.17) is 0 Å². The van der Waals surface area contributed by atoms with Crippen molar-refractivity contribution >= 4 is 5.91 Å². The third-order valence-corrected chi connectivity index (χ3v) is 4.53. The smallest absolute Gasteiger partial charge is 0.347 e.